The van der Waals surface area contributed by atoms with Gasteiger partial charge in [-0.2, -0.15) is 4.74 Å². The number of oxime groups is 1. The summed E-state index contributed by atoms with van der Waals surface area (Å²) < 4.78 is 0.662. The maximum Gasteiger partial charge on any atom is 0.252 e. The molecule has 0 fully saturated rings. The topological polar surface area (TPSA) is 75.7 Å². The van der Waals surface area contributed by atoms with Crippen molar-refractivity contribution in [1.29, 1.82) is 0 Å². The molecule has 0 radical (unpaired) electrons. The first kappa shape index (κ1) is 19.4. The van der Waals surface area contributed by atoms with Gasteiger partial charge in [0.1, 0.15) is 0 Å². The number of hydrogen-bond acceptors (Lipinski definition) is 4. The molecule has 0 aromatic heterocycles. The van der Waals surface area contributed by atoms with Gasteiger partial charge in [0, 0.05) is 24.0 Å². The second-order valence-corrected chi connectivity index (χ2v) is 6.65. The Morgan fingerprint density at radius 2 is 1.62 bits per heavy atom. The number of nitrogens with zero attached hydrogens (tertiary/aromatic N) is 2. The molecule has 1 atom stereocenters. The third-order valence-corrected chi connectivity index (χ3v) is 4.31. The van der Waals surface area contributed by atoms with Gasteiger partial charge in [-0.3, -0.25) is 4.79 Å². The Kier molecular flexibility index (Phi) is 6.28. The number of ketones is 1. The molecule has 2 aromatic carbocycles. The van der Waals surface area contributed by atoms with E-state index in [9.17, 15) is 15.2 Å². The number of hydroxylamine groups is 1. The number of carbonyl (C=O) groups excluding carboxylic acids is 1. The summed E-state index contributed by atoms with van der Waals surface area (Å²) >= 11 is 0. The van der Waals surface area contributed by atoms with Crippen molar-refractivity contribution in [2.24, 2.45) is 11.1 Å². The molecule has 2 rings (SSSR count). The Morgan fingerprint density at radius 1 is 1.04 bits per heavy atom. The van der Waals surface area contributed by atoms with Crippen LogP contribution in [0.5, 0.6) is 0 Å². The predicted molar refractivity (Wildman–Crippen MR) is 103 cm³/mol. The predicted octanol–water partition coefficient (Wildman–Crippen LogP) is 4.05. The molecule has 136 valence electrons. The van der Waals surface area contributed by atoms with Crippen LogP contribution in [0.3, 0.4) is 0 Å². The number of carbonyl (C=O) groups is 1. The van der Waals surface area contributed by atoms with E-state index in [0.29, 0.717) is 15.9 Å². The lowest BCUT2D eigenvalue weighted by molar-refractivity contribution is -0.488. The highest BCUT2D eigenvalue weighted by Crippen LogP contribution is 2.16. The van der Waals surface area contributed by atoms with Crippen molar-refractivity contribution >= 4 is 17.2 Å². The van der Waals surface area contributed by atoms with Crippen LogP contribution >= 0.6 is 0 Å². The van der Waals surface area contributed by atoms with Crippen LogP contribution in [-0.2, 0) is 0 Å². The summed E-state index contributed by atoms with van der Waals surface area (Å²) in [6, 6.07) is 15.3. The molecule has 0 unspecified atom stereocenters. The van der Waals surface area contributed by atoms with Gasteiger partial charge in [0.25, 0.3) is 5.78 Å². The highest BCUT2D eigenvalue weighted by Gasteiger charge is 2.32. The van der Waals surface area contributed by atoms with E-state index in [1.807, 2.05) is 39.0 Å². The molecule has 0 saturated heterocycles. The summed E-state index contributed by atoms with van der Waals surface area (Å²) in [5, 5.41) is 25.9. The van der Waals surface area contributed by atoms with Crippen molar-refractivity contribution in [3.8, 4) is 0 Å². The monoisotopic (exact) mass is 352 g/mol. The Hall–Kier alpha value is -2.95. The molecular formula is C21H24N2O3. The molecule has 0 aliphatic rings. The average Bonchev–Trinajstić information content (AvgIpc) is 2.65. The van der Waals surface area contributed by atoms with Gasteiger partial charge in [-0.25, -0.2) is 0 Å². The van der Waals surface area contributed by atoms with E-state index in [1.54, 1.807) is 36.4 Å². The minimum atomic E-state index is -0.781. The summed E-state index contributed by atoms with van der Waals surface area (Å²) in [4.78, 5) is 12.7. The lowest BCUT2D eigenvalue weighted by atomic mass is 9.94. The van der Waals surface area contributed by atoms with Gasteiger partial charge in [-0.1, -0.05) is 79.2 Å². The highest BCUT2D eigenvalue weighted by molar-refractivity contribution is 6.43. The molecule has 2 aromatic rings. The molecule has 0 amide bonds. The van der Waals surface area contributed by atoms with Gasteiger partial charge in [-0.15, -0.1) is 0 Å². The number of benzene rings is 2. The van der Waals surface area contributed by atoms with Crippen LogP contribution in [0.25, 0.3) is 0 Å². The molecule has 0 aliphatic heterocycles. The second kappa shape index (κ2) is 8.43. The number of aryl methyl sites for hydroxylation is 1. The SMILES string of the molecule is C/C(C(=O)c1ccc(C)cc1)=[N+](/[O-])[C@@H](/C(=N\O)c1ccccc1)C(C)C. The van der Waals surface area contributed by atoms with E-state index in [0.717, 1.165) is 5.56 Å². The average molecular weight is 352 g/mol. The van der Waals surface area contributed by atoms with Gasteiger partial charge in [-0.05, 0) is 6.92 Å². The summed E-state index contributed by atoms with van der Waals surface area (Å²) in [5.74, 6) is -0.504. The van der Waals surface area contributed by atoms with Crippen molar-refractivity contribution in [2.45, 2.75) is 33.7 Å². The third-order valence-electron chi connectivity index (χ3n) is 4.31. The third kappa shape index (κ3) is 4.17. The minimum Gasteiger partial charge on any atom is -0.623 e. The first-order valence-electron chi connectivity index (χ1n) is 8.55. The molecule has 1 N–H and O–H groups in total. The van der Waals surface area contributed by atoms with Crippen LogP contribution < -0.4 is 0 Å². The second-order valence-electron chi connectivity index (χ2n) is 6.65. The molecule has 0 heterocycles. The van der Waals surface area contributed by atoms with Crippen LogP contribution in [0.2, 0.25) is 0 Å². The van der Waals surface area contributed by atoms with Crippen molar-refractivity contribution in [3.63, 3.8) is 0 Å². The first-order chi connectivity index (χ1) is 12.4. The molecule has 5 heteroatoms. The number of Topliss-reactive ketones (excluding diaryl/α,β-unsaturated/α-hetero) is 1. The van der Waals surface area contributed by atoms with E-state index in [4.69, 9.17) is 0 Å². The van der Waals surface area contributed by atoms with E-state index in [2.05, 4.69) is 5.16 Å². The molecule has 0 saturated carbocycles. The fraction of sp³-hybridized carbons (Fsp3) is 0.286. The number of rotatable bonds is 6. The van der Waals surface area contributed by atoms with E-state index in [1.165, 1.54) is 6.92 Å². The minimum absolute atomic E-state index is 0.0598. The standard InChI is InChI=1S/C21H24N2O3/c1-14(2)20(19(22-25)17-8-6-5-7-9-17)23(26)16(4)21(24)18-12-10-15(3)11-13-18/h5-14,20,25H,1-4H3/b22-19-,23-16-/t20-/m1/s1. The van der Waals surface area contributed by atoms with Crippen molar-refractivity contribution < 1.29 is 14.7 Å². The van der Waals surface area contributed by atoms with Gasteiger partial charge < -0.3 is 10.4 Å². The summed E-state index contributed by atoms with van der Waals surface area (Å²) in [6.07, 6.45) is 0. The summed E-state index contributed by atoms with van der Waals surface area (Å²) in [5.41, 5.74) is 2.44. The quantitative estimate of drug-likeness (QED) is 0.213. The number of hydrogen-bond donors (Lipinski definition) is 1. The zero-order chi connectivity index (χ0) is 19.3. The first-order valence-corrected chi connectivity index (χ1v) is 8.55. The highest BCUT2D eigenvalue weighted by atomic mass is 16.5. The largest absolute Gasteiger partial charge is 0.623 e. The molecule has 0 spiro atoms. The van der Waals surface area contributed by atoms with E-state index >= 15 is 0 Å². The molecule has 0 aliphatic carbocycles. The maximum atomic E-state index is 13.0. The van der Waals surface area contributed by atoms with Gasteiger partial charge in [0.2, 0.25) is 11.8 Å². The normalized spacial score (nSPS) is 14.1. The Balaban J connectivity index is 2.46. The van der Waals surface area contributed by atoms with Crippen molar-refractivity contribution in [1.82, 2.24) is 0 Å². The zero-order valence-electron chi connectivity index (χ0n) is 15.5. The van der Waals surface area contributed by atoms with Crippen molar-refractivity contribution in [3.05, 3.63) is 76.5 Å². The summed E-state index contributed by atoms with van der Waals surface area (Å²) in [6.45, 7) is 7.15. The smallest absolute Gasteiger partial charge is 0.252 e. The lowest BCUT2D eigenvalue weighted by Crippen LogP contribution is -2.40. The molecule has 26 heavy (non-hydrogen) atoms. The van der Waals surface area contributed by atoms with E-state index in [-0.39, 0.29) is 23.1 Å². The van der Waals surface area contributed by atoms with E-state index < -0.39 is 6.04 Å². The fourth-order valence-electron chi connectivity index (χ4n) is 2.82. The van der Waals surface area contributed by atoms with Gasteiger partial charge >= 0.3 is 0 Å². The van der Waals surface area contributed by atoms with Gasteiger partial charge in [0.15, 0.2) is 5.71 Å². The molecule has 0 bridgehead atoms. The Bertz CT molecular complexity index is 822. The van der Waals surface area contributed by atoms with Crippen LogP contribution in [0.15, 0.2) is 59.8 Å². The molecular weight excluding hydrogens is 328 g/mol. The van der Waals surface area contributed by atoms with Crippen LogP contribution in [0.4, 0.5) is 0 Å². The lowest BCUT2D eigenvalue weighted by Gasteiger charge is -2.22. The van der Waals surface area contributed by atoms with Crippen molar-refractivity contribution in [2.75, 3.05) is 0 Å². The molecule has 5 nitrogen and oxygen atoms in total. The fourth-order valence-corrected chi connectivity index (χ4v) is 2.82. The van der Waals surface area contributed by atoms with Crippen LogP contribution in [-0.4, -0.2) is 33.2 Å². The van der Waals surface area contributed by atoms with Crippen LogP contribution in [0, 0.1) is 18.0 Å². The Morgan fingerprint density at radius 3 is 2.12 bits per heavy atom. The van der Waals surface area contributed by atoms with Crippen LogP contribution in [0.1, 0.15) is 42.3 Å². The van der Waals surface area contributed by atoms with Gasteiger partial charge in [0.05, 0.1) is 0 Å². The Labute approximate surface area is 153 Å². The summed E-state index contributed by atoms with van der Waals surface area (Å²) in [7, 11) is 0. The zero-order valence-corrected chi connectivity index (χ0v) is 15.5. The maximum absolute atomic E-state index is 13.0.